The van der Waals surface area contributed by atoms with E-state index in [0.717, 1.165) is 0 Å². The van der Waals surface area contributed by atoms with Crippen molar-refractivity contribution in [2.75, 3.05) is 6.67 Å². The van der Waals surface area contributed by atoms with Gasteiger partial charge in [0.15, 0.2) is 0 Å². The molecular formula is C3H5F5O2S. The number of hydrogen-bond donors (Lipinski definition) is 0. The summed E-state index contributed by atoms with van der Waals surface area (Å²) in [7, 11) is -5.67. The Morgan fingerprint density at radius 1 is 1.18 bits per heavy atom. The Balaban J connectivity index is 0. The van der Waals surface area contributed by atoms with Gasteiger partial charge in [-0.1, -0.05) is 7.77 Å². The van der Waals surface area contributed by atoms with Crippen molar-refractivity contribution in [3.8, 4) is 0 Å². The van der Waals surface area contributed by atoms with Crippen molar-refractivity contribution in [3.05, 3.63) is 0 Å². The van der Waals surface area contributed by atoms with E-state index in [2.05, 4.69) is 0 Å². The third-order valence-corrected chi connectivity index (χ3v) is 0.327. The first-order chi connectivity index (χ1) is 4.77. The van der Waals surface area contributed by atoms with E-state index in [1.165, 1.54) is 0 Å². The molecule has 0 spiro atoms. The summed E-state index contributed by atoms with van der Waals surface area (Å²) in [5.41, 5.74) is 0. The standard InChI is InChI=1S/C3H5F3.F2O2S/c4-2-1-3(5)6;1-5(2,3)4/h3H,1-2H2;. The monoisotopic (exact) mass is 200 g/mol. The van der Waals surface area contributed by atoms with Crippen molar-refractivity contribution in [2.45, 2.75) is 12.8 Å². The molecule has 70 valence electrons. The van der Waals surface area contributed by atoms with Gasteiger partial charge in [0.1, 0.15) is 0 Å². The predicted molar refractivity (Wildman–Crippen MR) is 27.7 cm³/mol. The van der Waals surface area contributed by atoms with Crippen LogP contribution in [0.1, 0.15) is 6.42 Å². The van der Waals surface area contributed by atoms with E-state index >= 15 is 0 Å². The number of rotatable bonds is 2. The molecule has 0 amide bonds. The number of hydrogen-bond acceptors (Lipinski definition) is 2. The second-order valence-electron chi connectivity index (χ2n) is 1.25. The van der Waals surface area contributed by atoms with Crippen LogP contribution in [0.4, 0.5) is 20.9 Å². The van der Waals surface area contributed by atoms with Crippen LogP contribution in [0.5, 0.6) is 0 Å². The summed E-state index contributed by atoms with van der Waals surface area (Å²) in [6.07, 6.45) is -3.10. The first kappa shape index (κ1) is 13.2. The molecule has 0 saturated carbocycles. The quantitative estimate of drug-likeness (QED) is 0.503. The van der Waals surface area contributed by atoms with Gasteiger partial charge in [-0.2, -0.15) is 8.42 Å². The lowest BCUT2D eigenvalue weighted by Gasteiger charge is -1.85. The molecule has 0 radical (unpaired) electrons. The fourth-order valence-corrected chi connectivity index (χ4v) is 0.0825. The van der Waals surface area contributed by atoms with Crippen molar-refractivity contribution >= 4 is 10.6 Å². The van der Waals surface area contributed by atoms with Gasteiger partial charge in [0.25, 0.3) is 0 Å². The maximum absolute atomic E-state index is 10.8. The lowest BCUT2D eigenvalue weighted by atomic mass is 10.5. The fraction of sp³-hybridized carbons (Fsp3) is 1.00. The smallest absolute Gasteiger partial charge is 0.251 e. The van der Waals surface area contributed by atoms with E-state index < -0.39 is 30.1 Å². The Morgan fingerprint density at radius 3 is 1.45 bits per heavy atom. The Morgan fingerprint density at radius 2 is 1.45 bits per heavy atom. The molecule has 0 N–H and O–H groups in total. The molecule has 0 aromatic heterocycles. The Kier molecular flexibility index (Phi) is 7.59. The summed E-state index contributed by atoms with van der Waals surface area (Å²) < 4.78 is 68.9. The summed E-state index contributed by atoms with van der Waals surface area (Å²) in [5.74, 6) is 0. The maximum Gasteiger partial charge on any atom is 0.476 e. The zero-order chi connectivity index (χ0) is 9.49. The SMILES string of the molecule is FCCC(F)F.O=S(=O)(F)F. The molecule has 2 nitrogen and oxygen atoms in total. The van der Waals surface area contributed by atoms with Crippen LogP contribution < -0.4 is 0 Å². The molecule has 0 aliphatic carbocycles. The Labute approximate surface area is 60.5 Å². The molecule has 11 heavy (non-hydrogen) atoms. The summed E-state index contributed by atoms with van der Waals surface area (Å²) in [4.78, 5) is 0. The number of alkyl halides is 3. The molecule has 0 atom stereocenters. The minimum atomic E-state index is -5.67. The van der Waals surface area contributed by atoms with Crippen molar-refractivity contribution < 1.29 is 29.4 Å². The first-order valence-corrected chi connectivity index (χ1v) is 3.54. The van der Waals surface area contributed by atoms with E-state index in [0.29, 0.717) is 0 Å². The number of halogens is 5. The molecule has 0 unspecified atom stereocenters. The highest BCUT2D eigenvalue weighted by Crippen LogP contribution is 1.96. The van der Waals surface area contributed by atoms with Crippen LogP contribution in [0.25, 0.3) is 0 Å². The van der Waals surface area contributed by atoms with E-state index in [1.807, 2.05) is 0 Å². The largest absolute Gasteiger partial charge is 0.476 e. The molecule has 0 aromatic rings. The van der Waals surface area contributed by atoms with Gasteiger partial charge >= 0.3 is 10.6 Å². The maximum atomic E-state index is 10.8. The van der Waals surface area contributed by atoms with Crippen LogP contribution in [-0.2, 0) is 10.6 Å². The second kappa shape index (κ2) is 6.32. The van der Waals surface area contributed by atoms with Crippen LogP contribution in [0, 0.1) is 0 Å². The molecule has 0 rings (SSSR count). The molecule has 0 saturated heterocycles. The van der Waals surface area contributed by atoms with Gasteiger partial charge in [-0.25, -0.2) is 8.78 Å². The van der Waals surface area contributed by atoms with Crippen LogP contribution in [0.3, 0.4) is 0 Å². The van der Waals surface area contributed by atoms with Crippen LogP contribution in [0.2, 0.25) is 0 Å². The minimum absolute atomic E-state index is 0.625. The van der Waals surface area contributed by atoms with E-state index in [4.69, 9.17) is 8.42 Å². The first-order valence-electron chi connectivity index (χ1n) is 2.25. The third-order valence-electron chi connectivity index (χ3n) is 0.327. The van der Waals surface area contributed by atoms with E-state index in [9.17, 15) is 20.9 Å². The van der Waals surface area contributed by atoms with Gasteiger partial charge in [0.2, 0.25) is 6.43 Å². The average molecular weight is 200 g/mol. The van der Waals surface area contributed by atoms with Gasteiger partial charge in [0.05, 0.1) is 6.67 Å². The third kappa shape index (κ3) is 82.0. The zero-order valence-corrected chi connectivity index (χ0v) is 5.92. The molecule has 0 aliphatic heterocycles. The van der Waals surface area contributed by atoms with Crippen molar-refractivity contribution in [1.82, 2.24) is 0 Å². The molecule has 0 heterocycles. The van der Waals surface area contributed by atoms with E-state index in [-0.39, 0.29) is 0 Å². The predicted octanol–water partition coefficient (Wildman–Crippen LogP) is 1.78. The van der Waals surface area contributed by atoms with Crippen molar-refractivity contribution in [3.63, 3.8) is 0 Å². The van der Waals surface area contributed by atoms with Gasteiger partial charge < -0.3 is 0 Å². The van der Waals surface area contributed by atoms with Gasteiger partial charge in [0, 0.05) is 6.42 Å². The lowest BCUT2D eigenvalue weighted by molar-refractivity contribution is 0.127. The van der Waals surface area contributed by atoms with Crippen molar-refractivity contribution in [1.29, 1.82) is 0 Å². The summed E-state index contributed by atoms with van der Waals surface area (Å²) in [5, 5.41) is 0. The molecule has 8 heteroatoms. The Hall–Kier alpha value is -0.400. The van der Waals surface area contributed by atoms with Gasteiger partial charge in [-0.05, 0) is 0 Å². The highest BCUT2D eigenvalue weighted by atomic mass is 32.3. The van der Waals surface area contributed by atoms with E-state index in [1.54, 1.807) is 0 Å². The minimum Gasteiger partial charge on any atom is -0.251 e. The normalized spacial score (nSPS) is 10.7. The molecule has 0 aromatic carbocycles. The highest BCUT2D eigenvalue weighted by molar-refractivity contribution is 7.81. The Bertz CT molecular complexity index is 157. The van der Waals surface area contributed by atoms with Gasteiger partial charge in [-0.3, -0.25) is 4.39 Å². The van der Waals surface area contributed by atoms with Crippen LogP contribution in [0.15, 0.2) is 0 Å². The lowest BCUT2D eigenvalue weighted by Crippen LogP contribution is -1.88. The molecule has 0 fully saturated rings. The second-order valence-corrected chi connectivity index (χ2v) is 2.00. The summed E-state index contributed by atoms with van der Waals surface area (Å²) in [6.45, 7) is -0.919. The summed E-state index contributed by atoms with van der Waals surface area (Å²) >= 11 is 0. The molecule has 0 aliphatic rings. The van der Waals surface area contributed by atoms with Crippen LogP contribution >= 0.6 is 0 Å². The topological polar surface area (TPSA) is 34.1 Å². The average Bonchev–Trinajstić information content (AvgIpc) is 1.58. The van der Waals surface area contributed by atoms with Crippen LogP contribution in [-0.4, -0.2) is 21.5 Å². The fourth-order valence-electron chi connectivity index (χ4n) is 0.0825. The molecular weight excluding hydrogens is 195 g/mol. The highest BCUT2D eigenvalue weighted by Gasteiger charge is 1.97. The van der Waals surface area contributed by atoms with Gasteiger partial charge in [-0.15, -0.1) is 0 Å². The zero-order valence-electron chi connectivity index (χ0n) is 5.11. The molecule has 0 bridgehead atoms. The van der Waals surface area contributed by atoms with Crippen molar-refractivity contribution in [2.24, 2.45) is 0 Å². The summed E-state index contributed by atoms with van der Waals surface area (Å²) in [6, 6.07) is 0.